The first-order valence-corrected chi connectivity index (χ1v) is 8.19. The van der Waals surface area contributed by atoms with Crippen LogP contribution in [0.5, 0.6) is 0 Å². The van der Waals surface area contributed by atoms with Gasteiger partial charge in [0.25, 0.3) is 5.91 Å². The predicted molar refractivity (Wildman–Crippen MR) is 84.1 cm³/mol. The second kappa shape index (κ2) is 5.79. The van der Waals surface area contributed by atoms with Crippen LogP contribution in [0.15, 0.2) is 22.7 Å². The molecule has 1 aliphatic carbocycles. The topological polar surface area (TPSA) is 40.6 Å². The molecule has 1 saturated heterocycles. The van der Waals surface area contributed by atoms with Crippen LogP contribution in [0.3, 0.4) is 0 Å². The van der Waals surface area contributed by atoms with Crippen molar-refractivity contribution in [1.82, 2.24) is 9.80 Å². The molecule has 5 heteroatoms. The third kappa shape index (κ3) is 3.28. The summed E-state index contributed by atoms with van der Waals surface area (Å²) in [6.45, 7) is 4.56. The van der Waals surface area contributed by atoms with Gasteiger partial charge in [-0.05, 0) is 43.5 Å². The Morgan fingerprint density at radius 1 is 1.05 bits per heavy atom. The van der Waals surface area contributed by atoms with Crippen LogP contribution >= 0.6 is 15.9 Å². The van der Waals surface area contributed by atoms with Crippen molar-refractivity contribution < 1.29 is 9.59 Å². The number of hydrogen-bond acceptors (Lipinski definition) is 2. The van der Waals surface area contributed by atoms with E-state index in [1.807, 2.05) is 34.9 Å². The van der Waals surface area contributed by atoms with E-state index in [2.05, 4.69) is 15.9 Å². The third-order valence-corrected chi connectivity index (χ3v) is 4.55. The summed E-state index contributed by atoms with van der Waals surface area (Å²) in [5.74, 6) is 0.596. The lowest BCUT2D eigenvalue weighted by atomic mass is 10.1. The van der Waals surface area contributed by atoms with Crippen LogP contribution in [-0.2, 0) is 4.79 Å². The average Bonchev–Trinajstić information content (AvgIpc) is 3.29. The Kier molecular flexibility index (Phi) is 4.02. The lowest BCUT2D eigenvalue weighted by Gasteiger charge is -2.35. The zero-order valence-electron chi connectivity index (χ0n) is 12.1. The molecule has 2 fully saturated rings. The number of benzene rings is 1. The molecule has 0 spiro atoms. The van der Waals surface area contributed by atoms with Crippen LogP contribution in [0, 0.1) is 12.8 Å². The Labute approximate surface area is 133 Å². The molecular formula is C16H19BrN2O2. The first-order valence-electron chi connectivity index (χ1n) is 7.40. The molecule has 0 bridgehead atoms. The number of carbonyl (C=O) groups excluding carboxylic acids is 2. The Bertz CT molecular complexity index is 555. The van der Waals surface area contributed by atoms with E-state index in [1.165, 1.54) is 0 Å². The summed E-state index contributed by atoms with van der Waals surface area (Å²) in [7, 11) is 0. The van der Waals surface area contributed by atoms with Crippen LogP contribution in [0.25, 0.3) is 0 Å². The van der Waals surface area contributed by atoms with Crippen LogP contribution in [-0.4, -0.2) is 47.8 Å². The quantitative estimate of drug-likeness (QED) is 0.821. The van der Waals surface area contributed by atoms with E-state index in [-0.39, 0.29) is 17.7 Å². The summed E-state index contributed by atoms with van der Waals surface area (Å²) in [5.41, 5.74) is 1.78. The van der Waals surface area contributed by atoms with Crippen molar-refractivity contribution in [2.75, 3.05) is 26.2 Å². The molecule has 0 atom stereocenters. The summed E-state index contributed by atoms with van der Waals surface area (Å²) in [5, 5.41) is 0. The molecule has 21 heavy (non-hydrogen) atoms. The number of piperazine rings is 1. The van der Waals surface area contributed by atoms with E-state index < -0.39 is 0 Å². The molecule has 1 aromatic rings. The van der Waals surface area contributed by atoms with E-state index in [0.717, 1.165) is 22.9 Å². The van der Waals surface area contributed by atoms with Crippen molar-refractivity contribution in [2.45, 2.75) is 19.8 Å². The van der Waals surface area contributed by atoms with Gasteiger partial charge in [-0.1, -0.05) is 15.9 Å². The van der Waals surface area contributed by atoms with Gasteiger partial charge in [-0.25, -0.2) is 0 Å². The molecule has 0 radical (unpaired) electrons. The van der Waals surface area contributed by atoms with Crippen molar-refractivity contribution in [1.29, 1.82) is 0 Å². The van der Waals surface area contributed by atoms with Gasteiger partial charge < -0.3 is 9.80 Å². The summed E-state index contributed by atoms with van der Waals surface area (Å²) >= 11 is 3.43. The van der Waals surface area contributed by atoms with Gasteiger partial charge in [0.2, 0.25) is 5.91 Å². The molecular weight excluding hydrogens is 332 g/mol. The molecule has 3 rings (SSSR count). The summed E-state index contributed by atoms with van der Waals surface area (Å²) < 4.78 is 0.924. The molecule has 4 nitrogen and oxygen atoms in total. The second-order valence-electron chi connectivity index (χ2n) is 5.91. The molecule has 1 aromatic carbocycles. The maximum absolute atomic E-state index is 12.5. The Hall–Kier alpha value is -1.36. The number of halogens is 1. The van der Waals surface area contributed by atoms with Gasteiger partial charge in [0.05, 0.1) is 0 Å². The van der Waals surface area contributed by atoms with Crippen LogP contribution in [0.2, 0.25) is 0 Å². The molecule has 0 aromatic heterocycles. The minimum Gasteiger partial charge on any atom is -0.339 e. The molecule has 1 aliphatic heterocycles. The number of hydrogen-bond donors (Lipinski definition) is 0. The van der Waals surface area contributed by atoms with Crippen molar-refractivity contribution in [3.05, 3.63) is 33.8 Å². The smallest absolute Gasteiger partial charge is 0.254 e. The Balaban J connectivity index is 1.63. The summed E-state index contributed by atoms with van der Waals surface area (Å²) in [4.78, 5) is 28.3. The first kappa shape index (κ1) is 14.6. The number of aryl methyl sites for hydroxylation is 1. The van der Waals surface area contributed by atoms with E-state index >= 15 is 0 Å². The van der Waals surface area contributed by atoms with Gasteiger partial charge in [0, 0.05) is 42.1 Å². The molecule has 0 N–H and O–H groups in total. The Morgan fingerprint density at radius 3 is 2.24 bits per heavy atom. The molecule has 1 heterocycles. The second-order valence-corrected chi connectivity index (χ2v) is 6.82. The van der Waals surface area contributed by atoms with Gasteiger partial charge in [0.1, 0.15) is 0 Å². The van der Waals surface area contributed by atoms with Gasteiger partial charge in [0.15, 0.2) is 0 Å². The van der Waals surface area contributed by atoms with Crippen molar-refractivity contribution >= 4 is 27.7 Å². The zero-order chi connectivity index (χ0) is 15.0. The van der Waals surface area contributed by atoms with Gasteiger partial charge >= 0.3 is 0 Å². The lowest BCUT2D eigenvalue weighted by Crippen LogP contribution is -2.51. The minimum absolute atomic E-state index is 0.0536. The zero-order valence-corrected chi connectivity index (χ0v) is 13.7. The average molecular weight is 351 g/mol. The highest BCUT2D eigenvalue weighted by Crippen LogP contribution is 2.31. The fourth-order valence-corrected chi connectivity index (χ4v) is 3.37. The summed E-state index contributed by atoms with van der Waals surface area (Å²) in [6.07, 6.45) is 2.07. The van der Waals surface area contributed by atoms with E-state index in [1.54, 1.807) is 0 Å². The van der Waals surface area contributed by atoms with Gasteiger partial charge in [-0.2, -0.15) is 0 Å². The number of carbonyl (C=O) groups is 2. The highest BCUT2D eigenvalue weighted by Gasteiger charge is 2.35. The van der Waals surface area contributed by atoms with Crippen LogP contribution < -0.4 is 0 Å². The number of rotatable bonds is 2. The first-order chi connectivity index (χ1) is 10.0. The maximum atomic E-state index is 12.5. The Morgan fingerprint density at radius 2 is 1.67 bits per heavy atom. The monoisotopic (exact) mass is 350 g/mol. The lowest BCUT2D eigenvalue weighted by molar-refractivity contribution is -0.134. The predicted octanol–water partition coefficient (Wildman–Crippen LogP) is 2.45. The molecule has 0 unspecified atom stereocenters. The van der Waals surface area contributed by atoms with Gasteiger partial charge in [-0.15, -0.1) is 0 Å². The highest BCUT2D eigenvalue weighted by molar-refractivity contribution is 9.10. The van der Waals surface area contributed by atoms with Crippen molar-refractivity contribution in [2.24, 2.45) is 5.92 Å². The largest absolute Gasteiger partial charge is 0.339 e. The molecule has 1 saturated carbocycles. The maximum Gasteiger partial charge on any atom is 0.254 e. The fraction of sp³-hybridized carbons (Fsp3) is 0.500. The van der Waals surface area contributed by atoms with E-state index in [9.17, 15) is 9.59 Å². The SMILES string of the molecule is Cc1cc(Br)cc(C(=O)N2CCN(C(=O)C3CC3)CC2)c1. The number of amides is 2. The molecule has 2 aliphatic rings. The standard InChI is InChI=1S/C16H19BrN2O2/c1-11-8-13(10-14(17)9-11)16(21)19-6-4-18(5-7-19)15(20)12-2-3-12/h8-10,12H,2-7H2,1H3. The molecule has 2 amide bonds. The third-order valence-electron chi connectivity index (χ3n) is 4.09. The molecule has 112 valence electrons. The minimum atomic E-state index is 0.0536. The van der Waals surface area contributed by atoms with E-state index in [4.69, 9.17) is 0 Å². The van der Waals surface area contributed by atoms with Crippen LogP contribution in [0.1, 0.15) is 28.8 Å². The fourth-order valence-electron chi connectivity index (χ4n) is 2.76. The van der Waals surface area contributed by atoms with Crippen LogP contribution in [0.4, 0.5) is 0 Å². The normalized spacial score (nSPS) is 18.8. The van der Waals surface area contributed by atoms with Gasteiger partial charge in [-0.3, -0.25) is 9.59 Å². The van der Waals surface area contributed by atoms with Crippen molar-refractivity contribution in [3.8, 4) is 0 Å². The highest BCUT2D eigenvalue weighted by atomic mass is 79.9. The van der Waals surface area contributed by atoms with E-state index in [0.29, 0.717) is 31.7 Å². The van der Waals surface area contributed by atoms with Crippen molar-refractivity contribution in [3.63, 3.8) is 0 Å². The number of nitrogens with zero attached hydrogens (tertiary/aromatic N) is 2. The summed E-state index contributed by atoms with van der Waals surface area (Å²) in [6, 6.07) is 5.76.